The zero-order chi connectivity index (χ0) is 14.4. The predicted molar refractivity (Wildman–Crippen MR) is 81.7 cm³/mol. The molecule has 20 heavy (non-hydrogen) atoms. The molecule has 2 unspecified atom stereocenters. The summed E-state index contributed by atoms with van der Waals surface area (Å²) >= 11 is 0. The number of nitrogens with one attached hydrogen (secondary N) is 1. The lowest BCUT2D eigenvalue weighted by Crippen LogP contribution is -2.27. The van der Waals surface area contributed by atoms with Gasteiger partial charge in [0, 0.05) is 19.7 Å². The van der Waals surface area contributed by atoms with Crippen molar-refractivity contribution in [1.82, 2.24) is 5.32 Å². The Labute approximate surface area is 122 Å². The van der Waals surface area contributed by atoms with Gasteiger partial charge in [0.2, 0.25) is 0 Å². The molecule has 1 aromatic rings. The molecule has 2 rings (SSSR count). The molecule has 0 bridgehead atoms. The zero-order valence-corrected chi connectivity index (χ0v) is 12.6. The summed E-state index contributed by atoms with van der Waals surface area (Å²) in [5.41, 5.74) is 2.33. The van der Waals surface area contributed by atoms with Crippen molar-refractivity contribution in [3.05, 3.63) is 35.4 Å². The average molecular weight is 277 g/mol. The molecule has 1 heterocycles. The average Bonchev–Trinajstić information content (AvgIpc) is 2.92. The Balaban J connectivity index is 1.75. The number of aliphatic hydroxyl groups excluding tert-OH is 1. The van der Waals surface area contributed by atoms with Gasteiger partial charge < -0.3 is 15.2 Å². The minimum absolute atomic E-state index is 0.426. The molecule has 3 heteroatoms. The van der Waals surface area contributed by atoms with Crippen LogP contribution in [0.25, 0.3) is 0 Å². The van der Waals surface area contributed by atoms with E-state index in [4.69, 9.17) is 4.74 Å². The highest BCUT2D eigenvalue weighted by Gasteiger charge is 2.15. The molecular weight excluding hydrogens is 250 g/mol. The van der Waals surface area contributed by atoms with Gasteiger partial charge >= 0.3 is 0 Å². The SMILES string of the molecule is CC(C)Cc1ccc(C(O)CNCC2CCOC2)cc1. The van der Waals surface area contributed by atoms with E-state index in [0.29, 0.717) is 18.4 Å². The van der Waals surface area contributed by atoms with Gasteiger partial charge in [-0.2, -0.15) is 0 Å². The molecular formula is C17H27NO2. The van der Waals surface area contributed by atoms with Crippen LogP contribution in [0.3, 0.4) is 0 Å². The minimum atomic E-state index is -0.426. The standard InChI is InChI=1S/C17H27NO2/c1-13(2)9-14-3-5-16(6-4-14)17(19)11-18-10-15-7-8-20-12-15/h3-6,13,15,17-19H,7-12H2,1-2H3. The second kappa shape index (κ2) is 7.77. The lowest BCUT2D eigenvalue weighted by molar-refractivity contribution is 0.167. The van der Waals surface area contributed by atoms with Gasteiger partial charge in [0.15, 0.2) is 0 Å². The summed E-state index contributed by atoms with van der Waals surface area (Å²) in [6.45, 7) is 7.72. The summed E-state index contributed by atoms with van der Waals surface area (Å²) < 4.78 is 5.34. The molecule has 1 fully saturated rings. The summed E-state index contributed by atoms with van der Waals surface area (Å²) in [5.74, 6) is 1.27. The van der Waals surface area contributed by atoms with Gasteiger partial charge in [-0.3, -0.25) is 0 Å². The zero-order valence-electron chi connectivity index (χ0n) is 12.6. The fourth-order valence-corrected chi connectivity index (χ4v) is 2.63. The molecule has 0 radical (unpaired) electrons. The van der Waals surface area contributed by atoms with E-state index in [2.05, 4.69) is 31.3 Å². The van der Waals surface area contributed by atoms with Crippen LogP contribution in [0, 0.1) is 11.8 Å². The van der Waals surface area contributed by atoms with E-state index in [1.807, 2.05) is 12.1 Å². The van der Waals surface area contributed by atoms with Gasteiger partial charge in [-0.1, -0.05) is 38.1 Å². The Morgan fingerprint density at radius 2 is 2.05 bits per heavy atom. The van der Waals surface area contributed by atoms with Crippen molar-refractivity contribution in [1.29, 1.82) is 0 Å². The van der Waals surface area contributed by atoms with E-state index in [1.54, 1.807) is 0 Å². The highest BCUT2D eigenvalue weighted by atomic mass is 16.5. The van der Waals surface area contributed by atoms with Gasteiger partial charge in [0.25, 0.3) is 0 Å². The number of rotatable bonds is 7. The Kier molecular flexibility index (Phi) is 6.02. The highest BCUT2D eigenvalue weighted by Crippen LogP contribution is 2.16. The first-order valence-electron chi connectivity index (χ1n) is 7.70. The van der Waals surface area contributed by atoms with Crippen molar-refractivity contribution in [2.45, 2.75) is 32.8 Å². The molecule has 1 aliphatic rings. The maximum absolute atomic E-state index is 10.2. The van der Waals surface area contributed by atoms with Crippen molar-refractivity contribution in [3.8, 4) is 0 Å². The van der Waals surface area contributed by atoms with Crippen LogP contribution < -0.4 is 5.32 Å². The summed E-state index contributed by atoms with van der Waals surface area (Å²) in [5, 5.41) is 13.5. The van der Waals surface area contributed by atoms with E-state index >= 15 is 0 Å². The molecule has 0 spiro atoms. The van der Waals surface area contributed by atoms with Crippen LogP contribution >= 0.6 is 0 Å². The summed E-state index contributed by atoms with van der Waals surface area (Å²) in [7, 11) is 0. The molecule has 1 saturated heterocycles. The quantitative estimate of drug-likeness (QED) is 0.805. The summed E-state index contributed by atoms with van der Waals surface area (Å²) in [4.78, 5) is 0. The molecule has 3 nitrogen and oxygen atoms in total. The largest absolute Gasteiger partial charge is 0.387 e. The van der Waals surface area contributed by atoms with Crippen LogP contribution in [0.1, 0.15) is 37.5 Å². The maximum Gasteiger partial charge on any atom is 0.0914 e. The third-order valence-corrected chi connectivity index (χ3v) is 3.80. The van der Waals surface area contributed by atoms with E-state index in [-0.39, 0.29) is 0 Å². The first kappa shape index (κ1) is 15.5. The van der Waals surface area contributed by atoms with Crippen LogP contribution in [-0.2, 0) is 11.2 Å². The number of ether oxygens (including phenoxy) is 1. The lowest BCUT2D eigenvalue weighted by Gasteiger charge is -2.15. The monoisotopic (exact) mass is 277 g/mol. The van der Waals surface area contributed by atoms with Crippen LogP contribution in [0.5, 0.6) is 0 Å². The molecule has 0 aliphatic carbocycles. The fourth-order valence-electron chi connectivity index (χ4n) is 2.63. The van der Waals surface area contributed by atoms with Crippen molar-refractivity contribution in [3.63, 3.8) is 0 Å². The molecule has 0 amide bonds. The van der Waals surface area contributed by atoms with Gasteiger partial charge in [-0.25, -0.2) is 0 Å². The van der Waals surface area contributed by atoms with Gasteiger partial charge in [0.05, 0.1) is 12.7 Å². The minimum Gasteiger partial charge on any atom is -0.387 e. The topological polar surface area (TPSA) is 41.5 Å². The molecule has 2 N–H and O–H groups in total. The lowest BCUT2D eigenvalue weighted by atomic mass is 10.00. The third kappa shape index (κ3) is 4.89. The third-order valence-electron chi connectivity index (χ3n) is 3.80. The first-order chi connectivity index (χ1) is 9.65. The van der Waals surface area contributed by atoms with E-state index in [9.17, 15) is 5.11 Å². The van der Waals surface area contributed by atoms with Gasteiger partial charge in [0.1, 0.15) is 0 Å². The van der Waals surface area contributed by atoms with Crippen LogP contribution in [0.2, 0.25) is 0 Å². The number of benzene rings is 1. The maximum atomic E-state index is 10.2. The smallest absolute Gasteiger partial charge is 0.0914 e. The molecule has 2 atom stereocenters. The number of hydrogen-bond donors (Lipinski definition) is 2. The molecule has 0 saturated carbocycles. The van der Waals surface area contributed by atoms with Crippen molar-refractivity contribution >= 4 is 0 Å². The van der Waals surface area contributed by atoms with Crippen molar-refractivity contribution in [2.24, 2.45) is 11.8 Å². The van der Waals surface area contributed by atoms with E-state index in [0.717, 1.165) is 38.2 Å². The van der Waals surface area contributed by atoms with Crippen LogP contribution in [0.15, 0.2) is 24.3 Å². The second-order valence-electron chi connectivity index (χ2n) is 6.24. The normalized spacial score (nSPS) is 20.5. The Hall–Kier alpha value is -0.900. The molecule has 1 aromatic carbocycles. The summed E-state index contributed by atoms with van der Waals surface area (Å²) in [6, 6.07) is 8.35. The van der Waals surface area contributed by atoms with E-state index < -0.39 is 6.10 Å². The summed E-state index contributed by atoms with van der Waals surface area (Å²) in [6.07, 6.45) is 1.80. The first-order valence-corrected chi connectivity index (χ1v) is 7.70. The second-order valence-corrected chi connectivity index (χ2v) is 6.24. The Morgan fingerprint density at radius 3 is 2.65 bits per heavy atom. The molecule has 1 aliphatic heterocycles. The van der Waals surface area contributed by atoms with Crippen molar-refractivity contribution < 1.29 is 9.84 Å². The Morgan fingerprint density at radius 1 is 1.30 bits per heavy atom. The van der Waals surface area contributed by atoms with Crippen LogP contribution in [0.4, 0.5) is 0 Å². The molecule has 0 aromatic heterocycles. The molecule has 112 valence electrons. The Bertz CT molecular complexity index is 382. The number of aliphatic hydroxyl groups is 1. The van der Waals surface area contributed by atoms with Crippen molar-refractivity contribution in [2.75, 3.05) is 26.3 Å². The predicted octanol–water partition coefficient (Wildman–Crippen LogP) is 2.54. The van der Waals surface area contributed by atoms with E-state index in [1.165, 1.54) is 5.56 Å². The van der Waals surface area contributed by atoms with Crippen LogP contribution in [-0.4, -0.2) is 31.4 Å². The number of hydrogen-bond acceptors (Lipinski definition) is 3. The van der Waals surface area contributed by atoms with Gasteiger partial charge in [-0.05, 0) is 35.8 Å². The highest BCUT2D eigenvalue weighted by molar-refractivity contribution is 5.24. The fraction of sp³-hybridized carbons (Fsp3) is 0.647. The van der Waals surface area contributed by atoms with Gasteiger partial charge in [-0.15, -0.1) is 0 Å².